The number of benzene rings is 2. The van der Waals surface area contributed by atoms with Gasteiger partial charge in [0.05, 0.1) is 11.9 Å². The van der Waals surface area contributed by atoms with E-state index in [4.69, 9.17) is 0 Å². The van der Waals surface area contributed by atoms with E-state index in [1.54, 1.807) is 12.1 Å². The highest BCUT2D eigenvalue weighted by atomic mass is 32.2. The Balaban J connectivity index is 2.22. The SMILES string of the molecule is Cc1ccc(N(C(=O)NC(=O)Nc2c(C)cccc2C)S(C)(=O)=O)cc1. The third kappa shape index (κ3) is 4.60. The van der Waals surface area contributed by atoms with E-state index in [0.717, 1.165) is 22.9 Å². The molecular formula is C18H21N3O4S. The molecule has 2 N–H and O–H groups in total. The van der Waals surface area contributed by atoms with Crippen molar-refractivity contribution in [3.05, 3.63) is 59.2 Å². The van der Waals surface area contributed by atoms with Crippen molar-refractivity contribution in [2.75, 3.05) is 15.9 Å². The van der Waals surface area contributed by atoms with Gasteiger partial charge in [0.25, 0.3) is 0 Å². The van der Waals surface area contributed by atoms with Crippen molar-refractivity contribution in [2.45, 2.75) is 20.8 Å². The maximum atomic E-state index is 12.4. The molecule has 0 aliphatic carbocycles. The van der Waals surface area contributed by atoms with Crippen molar-refractivity contribution in [3.63, 3.8) is 0 Å². The fourth-order valence-corrected chi connectivity index (χ4v) is 3.30. The number of sulfonamides is 1. The molecule has 2 aromatic rings. The van der Waals surface area contributed by atoms with E-state index in [2.05, 4.69) is 10.6 Å². The van der Waals surface area contributed by atoms with E-state index in [1.165, 1.54) is 12.1 Å². The molecule has 0 saturated carbocycles. The predicted octanol–water partition coefficient (Wildman–Crippen LogP) is 3.32. The van der Waals surface area contributed by atoms with Gasteiger partial charge in [0.2, 0.25) is 10.0 Å². The van der Waals surface area contributed by atoms with Crippen molar-refractivity contribution in [2.24, 2.45) is 0 Å². The van der Waals surface area contributed by atoms with Crippen LogP contribution in [0.1, 0.15) is 16.7 Å². The number of aryl methyl sites for hydroxylation is 3. The highest BCUT2D eigenvalue weighted by molar-refractivity contribution is 7.92. The average molecular weight is 375 g/mol. The molecule has 0 unspecified atom stereocenters. The number of urea groups is 2. The van der Waals surface area contributed by atoms with E-state index in [1.807, 2.05) is 39.0 Å². The number of carbonyl (C=O) groups excluding carboxylic acids is 2. The average Bonchev–Trinajstić information content (AvgIpc) is 2.52. The van der Waals surface area contributed by atoms with Gasteiger partial charge >= 0.3 is 12.1 Å². The minimum absolute atomic E-state index is 0.149. The lowest BCUT2D eigenvalue weighted by molar-refractivity contribution is 0.238. The summed E-state index contributed by atoms with van der Waals surface area (Å²) in [7, 11) is -3.92. The molecule has 0 bridgehead atoms. The van der Waals surface area contributed by atoms with Gasteiger partial charge < -0.3 is 5.32 Å². The first-order valence-electron chi connectivity index (χ1n) is 7.85. The zero-order valence-electron chi connectivity index (χ0n) is 15.0. The van der Waals surface area contributed by atoms with E-state index >= 15 is 0 Å². The van der Waals surface area contributed by atoms with E-state index in [-0.39, 0.29) is 5.69 Å². The Morgan fingerprint density at radius 1 is 0.923 bits per heavy atom. The van der Waals surface area contributed by atoms with E-state index in [9.17, 15) is 18.0 Å². The molecule has 0 spiro atoms. The van der Waals surface area contributed by atoms with E-state index < -0.39 is 22.1 Å². The number of hydrogen-bond donors (Lipinski definition) is 2. The van der Waals surface area contributed by atoms with Crippen LogP contribution in [0.4, 0.5) is 21.0 Å². The molecular weight excluding hydrogens is 354 g/mol. The summed E-state index contributed by atoms with van der Waals surface area (Å²) in [6.45, 7) is 5.48. The maximum Gasteiger partial charge on any atom is 0.343 e. The zero-order chi connectivity index (χ0) is 19.5. The summed E-state index contributed by atoms with van der Waals surface area (Å²) in [6, 6.07) is 9.97. The second-order valence-electron chi connectivity index (χ2n) is 6.01. The van der Waals surface area contributed by atoms with Crippen molar-refractivity contribution >= 4 is 33.5 Å². The summed E-state index contributed by atoms with van der Waals surface area (Å²) in [6.07, 6.45) is 0.899. The van der Waals surface area contributed by atoms with Gasteiger partial charge in [-0.3, -0.25) is 5.32 Å². The Labute approximate surface area is 153 Å². The lowest BCUT2D eigenvalue weighted by Crippen LogP contribution is -2.47. The fourth-order valence-electron chi connectivity index (χ4n) is 2.44. The van der Waals surface area contributed by atoms with Crippen LogP contribution < -0.4 is 14.9 Å². The Morgan fingerprint density at radius 2 is 1.46 bits per heavy atom. The minimum Gasteiger partial charge on any atom is -0.307 e. The highest BCUT2D eigenvalue weighted by Gasteiger charge is 2.27. The number of nitrogens with one attached hydrogen (secondary N) is 2. The quantitative estimate of drug-likeness (QED) is 0.860. The van der Waals surface area contributed by atoms with Crippen LogP contribution in [0.15, 0.2) is 42.5 Å². The van der Waals surface area contributed by atoms with Gasteiger partial charge in [-0.2, -0.15) is 4.31 Å². The van der Waals surface area contributed by atoms with Crippen LogP contribution in [-0.2, 0) is 10.0 Å². The molecule has 0 aliphatic heterocycles. The molecule has 7 nitrogen and oxygen atoms in total. The topological polar surface area (TPSA) is 95.6 Å². The molecule has 8 heteroatoms. The van der Waals surface area contributed by atoms with Gasteiger partial charge in [-0.25, -0.2) is 18.0 Å². The van der Waals surface area contributed by atoms with Crippen LogP contribution in [0.25, 0.3) is 0 Å². The summed E-state index contributed by atoms with van der Waals surface area (Å²) in [4.78, 5) is 24.6. The number of anilines is 2. The van der Waals surface area contributed by atoms with Crippen LogP contribution in [0.5, 0.6) is 0 Å². The first kappa shape index (κ1) is 19.5. The zero-order valence-corrected chi connectivity index (χ0v) is 15.8. The second kappa shape index (κ2) is 7.57. The van der Waals surface area contributed by atoms with Gasteiger partial charge in [0.15, 0.2) is 0 Å². The fraction of sp³-hybridized carbons (Fsp3) is 0.222. The third-order valence-electron chi connectivity index (χ3n) is 3.72. The molecule has 0 saturated heterocycles. The van der Waals surface area contributed by atoms with Crippen molar-refractivity contribution < 1.29 is 18.0 Å². The Kier molecular flexibility index (Phi) is 5.66. The molecule has 0 radical (unpaired) electrons. The summed E-state index contributed by atoms with van der Waals surface area (Å²) < 4.78 is 24.6. The minimum atomic E-state index is -3.92. The molecule has 2 aromatic carbocycles. The molecule has 138 valence electrons. The largest absolute Gasteiger partial charge is 0.343 e. The number of rotatable bonds is 3. The van der Waals surface area contributed by atoms with Gasteiger partial charge in [0, 0.05) is 5.69 Å². The smallest absolute Gasteiger partial charge is 0.307 e. The van der Waals surface area contributed by atoms with Crippen LogP contribution in [0.2, 0.25) is 0 Å². The van der Waals surface area contributed by atoms with Gasteiger partial charge in [-0.05, 0) is 44.0 Å². The van der Waals surface area contributed by atoms with Gasteiger partial charge in [0.1, 0.15) is 0 Å². The number of amides is 4. The molecule has 2 rings (SSSR count). The number of hydrogen-bond acceptors (Lipinski definition) is 4. The molecule has 0 fully saturated rings. The van der Waals surface area contributed by atoms with Gasteiger partial charge in [-0.1, -0.05) is 35.9 Å². The maximum absolute atomic E-state index is 12.4. The first-order chi connectivity index (χ1) is 12.1. The van der Waals surface area contributed by atoms with Crippen LogP contribution in [0, 0.1) is 20.8 Å². The summed E-state index contributed by atoms with van der Waals surface area (Å²) in [5, 5.41) is 4.64. The van der Waals surface area contributed by atoms with Crippen molar-refractivity contribution in [1.29, 1.82) is 0 Å². The third-order valence-corrected chi connectivity index (χ3v) is 4.76. The summed E-state index contributed by atoms with van der Waals surface area (Å²) in [5.41, 5.74) is 3.28. The Morgan fingerprint density at radius 3 is 1.96 bits per heavy atom. The summed E-state index contributed by atoms with van der Waals surface area (Å²) >= 11 is 0. The number of para-hydroxylation sites is 1. The van der Waals surface area contributed by atoms with Crippen LogP contribution >= 0.6 is 0 Å². The first-order valence-corrected chi connectivity index (χ1v) is 9.69. The second-order valence-corrected chi connectivity index (χ2v) is 7.85. The Bertz CT molecular complexity index is 917. The monoisotopic (exact) mass is 375 g/mol. The predicted molar refractivity (Wildman–Crippen MR) is 102 cm³/mol. The lowest BCUT2D eigenvalue weighted by atomic mass is 10.1. The molecule has 0 heterocycles. The van der Waals surface area contributed by atoms with Crippen LogP contribution in [0.3, 0.4) is 0 Å². The number of imide groups is 1. The normalized spacial score (nSPS) is 10.9. The standard InChI is InChI=1S/C18H21N3O4S/c1-12-8-10-15(11-9-12)21(26(4,24)25)18(23)20-17(22)19-16-13(2)6-5-7-14(16)3/h5-11H,1-4H3,(H2,19,20,22,23). The summed E-state index contributed by atoms with van der Waals surface area (Å²) in [5.74, 6) is 0. The number of nitrogens with zero attached hydrogens (tertiary/aromatic N) is 1. The highest BCUT2D eigenvalue weighted by Crippen LogP contribution is 2.20. The Hall–Kier alpha value is -2.87. The van der Waals surface area contributed by atoms with Crippen LogP contribution in [-0.4, -0.2) is 26.7 Å². The molecule has 0 atom stereocenters. The molecule has 26 heavy (non-hydrogen) atoms. The molecule has 4 amide bonds. The van der Waals surface area contributed by atoms with Crippen molar-refractivity contribution in [3.8, 4) is 0 Å². The van der Waals surface area contributed by atoms with Crippen molar-refractivity contribution in [1.82, 2.24) is 5.32 Å². The molecule has 0 aliphatic rings. The molecule has 0 aromatic heterocycles. The number of carbonyl (C=O) groups is 2. The van der Waals surface area contributed by atoms with E-state index in [0.29, 0.717) is 9.99 Å². The van der Waals surface area contributed by atoms with Gasteiger partial charge in [-0.15, -0.1) is 0 Å². The lowest BCUT2D eigenvalue weighted by Gasteiger charge is -2.21.